The number of nitrogens with zero attached hydrogens (tertiary/aromatic N) is 19. The molecule has 7 saturated heterocycles. The van der Waals surface area contributed by atoms with Gasteiger partial charge in [0.25, 0.3) is 16.7 Å². The largest absolute Gasteiger partial charge is 0.780 e. The van der Waals surface area contributed by atoms with E-state index in [4.69, 9.17) is 208 Å². The van der Waals surface area contributed by atoms with Crippen molar-refractivity contribution in [3.63, 3.8) is 0 Å². The number of nitrogens with two attached hydrogens (primary N) is 5. The molecule has 7 fully saturated rings. The van der Waals surface area contributed by atoms with Crippen LogP contribution in [-0.4, -0.2) is 239 Å². The van der Waals surface area contributed by atoms with Crippen molar-refractivity contribution in [1.82, 2.24) is 107 Å². The van der Waals surface area contributed by atoms with Crippen molar-refractivity contribution in [3.05, 3.63) is 142 Å². The first kappa shape index (κ1) is 108. The van der Waals surface area contributed by atoms with Crippen LogP contribution in [0.25, 0.3) is 44.7 Å². The molecule has 0 bridgehead atoms. The summed E-state index contributed by atoms with van der Waals surface area (Å²) in [5.41, 5.74) is 26.8. The molecular formula is C71H85N27O34P7S7-7. The Labute approximate surface area is 854 Å². The van der Waals surface area contributed by atoms with Gasteiger partial charge in [0.15, 0.2) is 52.4 Å². The molecule has 61 nitrogen and oxygen atoms in total. The molecule has 7 unspecified atom stereocenters. The molecule has 7 aliphatic heterocycles. The van der Waals surface area contributed by atoms with Gasteiger partial charge in [-0.1, -0.05) is 70.8 Å². The van der Waals surface area contributed by atoms with E-state index in [9.17, 15) is 52.9 Å². The summed E-state index contributed by atoms with van der Waals surface area (Å²) in [7, 11) is 1.06. The molecule has 28 atom stereocenters. The van der Waals surface area contributed by atoms with E-state index in [0.29, 0.717) is 5.56 Å². The summed E-state index contributed by atoms with van der Waals surface area (Å²) in [6, 6.07) is 0. The fraction of sp³-hybridized carbons (Fsp3) is 0.549. The summed E-state index contributed by atoms with van der Waals surface area (Å²) in [6.07, 6.45) is -17.3. The molecule has 75 heteroatoms. The first-order valence-corrected chi connectivity index (χ1v) is 61.3. The third-order valence-corrected chi connectivity index (χ3v) is 35.2. The fourth-order valence-electron chi connectivity index (χ4n) is 17.0. The minimum Gasteiger partial charge on any atom is -0.780 e. The van der Waals surface area contributed by atoms with Crippen LogP contribution in [0.4, 0.5) is 29.2 Å². The zero-order valence-corrected chi connectivity index (χ0v) is 87.8. The lowest BCUT2D eigenvalue weighted by molar-refractivity contribution is -0.221. The van der Waals surface area contributed by atoms with Gasteiger partial charge < -0.3 is 167 Å². The minimum absolute atomic E-state index is 0.00877. The monoisotopic (exact) mass is 2300 g/mol. The Morgan fingerprint density at radius 3 is 1.02 bits per heavy atom. The second kappa shape index (κ2) is 43.3. The Bertz CT molecular complexity index is 7580. The fourth-order valence-corrected chi connectivity index (χ4v) is 26.8. The molecule has 0 saturated carbocycles. The predicted octanol–water partition coefficient (Wildman–Crippen LogP) is -2.53. The number of nitrogen functional groups attached to an aromatic ring is 5. The molecule has 18 rings (SSSR count). The predicted molar refractivity (Wildman–Crippen MR) is 514 cm³/mol. The summed E-state index contributed by atoms with van der Waals surface area (Å²) < 4.78 is 150. The summed E-state index contributed by atoms with van der Waals surface area (Å²) >= 11 is 38.2. The molecule has 0 aliphatic carbocycles. The van der Waals surface area contributed by atoms with Crippen LogP contribution in [0.5, 0.6) is 0 Å². The summed E-state index contributed by atoms with van der Waals surface area (Å²) in [4.78, 5) is 222. The topological polar surface area (TPSA) is 818 Å². The molecule has 11 aromatic rings. The number of imidazole rings is 4. The van der Waals surface area contributed by atoms with E-state index in [1.54, 1.807) is 6.92 Å². The van der Waals surface area contributed by atoms with Gasteiger partial charge in [-0.25, -0.2) is 64.2 Å². The third kappa shape index (κ3) is 24.5. The molecule has 0 amide bonds. The number of hydrogen-bond acceptors (Lipinski definition) is 58. The van der Waals surface area contributed by atoms with Crippen molar-refractivity contribution in [2.45, 2.75) is 202 Å². The van der Waals surface area contributed by atoms with Crippen molar-refractivity contribution in [2.24, 2.45) is 0 Å². The number of hydrogen-bond donors (Lipinski definition) is 8. The minimum atomic E-state index is -5.03. The Kier molecular flexibility index (Phi) is 32.2. The van der Waals surface area contributed by atoms with Gasteiger partial charge in [-0.2, -0.15) is 9.97 Å². The highest BCUT2D eigenvalue weighted by molar-refractivity contribution is 8.32. The van der Waals surface area contributed by atoms with Crippen LogP contribution in [-0.2, 0) is 184 Å². The lowest BCUT2D eigenvalue weighted by Gasteiger charge is -2.36. The Morgan fingerprint density at radius 2 is 0.658 bits per heavy atom. The van der Waals surface area contributed by atoms with Gasteiger partial charge in [-0.3, -0.25) is 65.9 Å². The lowest BCUT2D eigenvalue weighted by atomic mass is 10.2. The van der Waals surface area contributed by atoms with Crippen molar-refractivity contribution in [2.75, 3.05) is 75.4 Å². The molecule has 0 spiro atoms. The Hall–Kier alpha value is -7.36. The number of aromatic amines is 3. The lowest BCUT2D eigenvalue weighted by Crippen LogP contribution is -2.34. The highest BCUT2D eigenvalue weighted by Gasteiger charge is 2.50. The van der Waals surface area contributed by atoms with Crippen molar-refractivity contribution in [1.29, 1.82) is 0 Å². The molecule has 11 aromatic heterocycles. The van der Waals surface area contributed by atoms with Crippen LogP contribution in [0.1, 0.15) is 112 Å². The maximum atomic E-state index is 15.1. The van der Waals surface area contributed by atoms with Crippen LogP contribution in [0.2, 0.25) is 0 Å². The van der Waals surface area contributed by atoms with E-state index in [1.807, 2.05) is 0 Å². The molecule has 7 aliphatic rings. The number of H-pyrrole nitrogens is 3. The molecule has 792 valence electrons. The zero-order chi connectivity index (χ0) is 104. The smallest absolute Gasteiger partial charge is 0.351 e. The highest BCUT2D eigenvalue weighted by Crippen LogP contribution is 2.57. The zero-order valence-electron chi connectivity index (χ0n) is 75.8. The number of nitrogens with one attached hydrogen (secondary N) is 3. The average molecular weight is 2300 g/mol. The van der Waals surface area contributed by atoms with Gasteiger partial charge in [-0.15, -0.1) is 0 Å². The Morgan fingerprint density at radius 1 is 0.363 bits per heavy atom. The van der Waals surface area contributed by atoms with E-state index in [0.717, 1.165) is 33.3 Å². The Balaban J connectivity index is 0.559. The molecule has 0 aromatic carbocycles. The normalized spacial score (nSPS) is 29.5. The molecule has 18 heterocycles. The molecular weight excluding hydrogens is 2220 g/mol. The van der Waals surface area contributed by atoms with Crippen molar-refractivity contribution >= 4 is 204 Å². The van der Waals surface area contributed by atoms with Gasteiger partial charge in [-0.05, 0) is 27.7 Å². The number of rotatable bonds is 40. The average Bonchev–Trinajstić information content (AvgIpc) is 1.63. The second-order valence-electron chi connectivity index (χ2n) is 33.8. The maximum absolute atomic E-state index is 15.1. The maximum Gasteiger partial charge on any atom is 0.351 e. The second-order valence-corrected chi connectivity index (χ2v) is 52.8. The van der Waals surface area contributed by atoms with E-state index in [-0.39, 0.29) is 117 Å². The van der Waals surface area contributed by atoms with E-state index in [2.05, 4.69) is 74.8 Å². The first-order chi connectivity index (χ1) is 69.0. The third-order valence-electron chi connectivity index (χ3n) is 24.1. The van der Waals surface area contributed by atoms with Gasteiger partial charge in [0.2, 0.25) is 5.95 Å². The number of fused-ring (bicyclic) bond motifs is 4. The van der Waals surface area contributed by atoms with Crippen molar-refractivity contribution in [3.8, 4) is 0 Å². The number of ether oxygens (including phenoxy) is 7. The van der Waals surface area contributed by atoms with Crippen LogP contribution in [0.15, 0.2) is 91.6 Å². The van der Waals surface area contributed by atoms with Gasteiger partial charge in [0, 0.05) is 87.3 Å². The van der Waals surface area contributed by atoms with Gasteiger partial charge in [0.1, 0.15) is 162 Å². The standard InChI is InChI=1S/C71H92N27O34P7S7/c1-29-13-92(69(102)87-57(29)72)47-7-35(41(120-47)17-115-138(110,145)130-37-10-50(96-26-84-54-59(74)78-23-81-62(54)96)123-43(37)19-113-134(106,141)126-33-6-46(119-32(33)4)93-14-30(2)65(99)90-70(93)103)128-135(107,142)117-20-44-38(11-51(124-44)97-27-85-55-60(75)79-24-82-63(55)97)131-139(111,146)116-18-42-36(8-48(121-42)94-15-31(3)66(100)91-71(94)104)129-136(108,143)118-21-45-39(12-52(125-45)98-28-86-56-64(98)88-68(76)89-67(56)101)132-137(109,144)114-16-40-34(127-133(105,140)112-5)9-49(122-40)95-25-83-53-58(73)77-22-80-61(53)95/h13-15,22-28,32-52H,6-12,16-21H2,1-5H3,(H,105,140)(H,106,141)(H,107,142)(H,108,143)(H,109,144)(H,110,145)(H,111,146)(H2,72,87,102)(H2,73,77,80)(H2,74,78,81)(H2,75,79,82)(H,90,99,103)(H,91,100,104)(H3,76,88,89,101)/p-7/t32-,33-,34-,35-,36-,37-,38-,39-,40-,41-,42-,43-,44-,45-,46-,47-,48-,49-,50-,51-,52-,133?,134?,135?,136?,137?,138?,139?/m1/s1. The summed E-state index contributed by atoms with van der Waals surface area (Å²) in [5.74, 6) is -0.444. The summed E-state index contributed by atoms with van der Waals surface area (Å²) in [6.45, 7) is -32.4. The first-order valence-electron chi connectivity index (χ1n) is 43.5. The SMILES string of the molecule is COP([O-])(=S)O[C@@H]1C[C@H](n2cnc3c(N)ncnc32)O[C@@H]1COP([O-])(=S)O[C@@H]1C[C@H](n2cnc3c(=O)[nH]c(N)nc32)O[C@@H]1COP([O-])(=S)O[C@@H]1C[C@H](n2cc(C)c(=O)[nH]c2=O)O[C@@H]1COP([O-])(=S)O[C@@H]1C[C@H](n2cnc3c(N)ncnc32)O[C@@H]1COP([O-])(=S)O[C@@H]1C[C@H](n2cc(C)c(N)nc2=O)O[C@@H]1COP(=O)([S-])O[C@@H]1C[C@H](n2cnc3c(N)ncnc32)O[C@@H]1COP([O-])(=S)O[C@@H]1C[C@H](n2cc(C)c(=O)[nH]c2=O)O[C@@H]1C. The number of aryl methyl sites for hydroxylation is 3. The quantitative estimate of drug-likeness (QED) is 0.0145. The number of anilines is 5. The van der Waals surface area contributed by atoms with Crippen LogP contribution < -0.4 is 91.8 Å². The highest BCUT2D eigenvalue weighted by atomic mass is 32.7. The van der Waals surface area contributed by atoms with Gasteiger partial charge in [0.05, 0.1) is 114 Å². The van der Waals surface area contributed by atoms with Crippen molar-refractivity contribution < 1.29 is 130 Å². The van der Waals surface area contributed by atoms with Crippen LogP contribution >= 0.6 is 47.1 Å². The molecule has 0 radical (unpaired) electrons. The van der Waals surface area contributed by atoms with Gasteiger partial charge >= 0.3 is 17.1 Å². The summed E-state index contributed by atoms with van der Waals surface area (Å²) in [5, 5.41) is 0. The van der Waals surface area contributed by atoms with Crippen LogP contribution in [0.3, 0.4) is 0 Å². The van der Waals surface area contributed by atoms with Crippen LogP contribution in [0, 0.1) is 20.8 Å². The van der Waals surface area contributed by atoms with E-state index >= 15 is 9.79 Å². The molecule has 146 heavy (non-hydrogen) atoms. The van der Waals surface area contributed by atoms with E-state index in [1.165, 1.54) is 89.4 Å². The van der Waals surface area contributed by atoms with E-state index < -0.39 is 262 Å². The number of aromatic nitrogens is 22. The molecule has 13 N–H and O–H groups in total.